The summed E-state index contributed by atoms with van der Waals surface area (Å²) in [5.74, 6) is 0. The van der Waals surface area contributed by atoms with Crippen LogP contribution in [0.5, 0.6) is 0 Å². The first-order valence-electron chi connectivity index (χ1n) is 3.72. The molecule has 4 nitrogen and oxygen atoms in total. The number of hydrogen-bond acceptors (Lipinski definition) is 3. The Kier molecular flexibility index (Phi) is 2.70. The molecule has 3 N–H and O–H groups in total. The van der Waals surface area contributed by atoms with Crippen molar-refractivity contribution in [1.82, 2.24) is 0 Å². The molecule has 13 heavy (non-hydrogen) atoms. The monoisotopic (exact) mass is 201 g/mol. The number of rotatable bonds is 2. The van der Waals surface area contributed by atoms with Gasteiger partial charge in [-0.15, -0.1) is 0 Å². The molecule has 0 saturated carbocycles. The van der Waals surface area contributed by atoms with Crippen LogP contribution in [0, 0.1) is 6.92 Å². The van der Waals surface area contributed by atoms with Gasteiger partial charge >= 0.3 is 0 Å². The molecule has 0 spiro atoms. The summed E-state index contributed by atoms with van der Waals surface area (Å²) in [6.07, 6.45) is 0. The van der Waals surface area contributed by atoms with Gasteiger partial charge in [0.15, 0.2) is 0 Å². The van der Waals surface area contributed by atoms with Gasteiger partial charge in [-0.3, -0.25) is 4.55 Å². The first kappa shape index (κ1) is 10.2. The molecule has 0 aliphatic carbocycles. The van der Waals surface area contributed by atoms with E-state index in [2.05, 4.69) is 0 Å². The second kappa shape index (κ2) is 3.45. The highest BCUT2D eigenvalue weighted by Gasteiger charge is 2.10. The van der Waals surface area contributed by atoms with Crippen LogP contribution in [0.4, 0.5) is 0 Å². The molecular weight excluding hydrogens is 190 g/mol. The predicted octanol–water partition coefficient (Wildman–Crippen LogP) is 0.700. The minimum atomic E-state index is -4.11. The van der Waals surface area contributed by atoms with Crippen LogP contribution >= 0.6 is 0 Å². The van der Waals surface area contributed by atoms with E-state index in [-0.39, 0.29) is 11.4 Å². The summed E-state index contributed by atoms with van der Waals surface area (Å²) < 4.78 is 30.2. The van der Waals surface area contributed by atoms with Crippen molar-refractivity contribution >= 4 is 10.1 Å². The van der Waals surface area contributed by atoms with E-state index < -0.39 is 10.1 Å². The largest absolute Gasteiger partial charge is 0.326 e. The fourth-order valence-corrected chi connectivity index (χ4v) is 1.56. The lowest BCUT2D eigenvalue weighted by molar-refractivity contribution is 0.483. The molecular formula is C8H11NO3S. The van der Waals surface area contributed by atoms with E-state index in [4.69, 9.17) is 10.3 Å². The van der Waals surface area contributed by atoms with Gasteiger partial charge in [0.2, 0.25) is 0 Å². The lowest BCUT2D eigenvalue weighted by Crippen LogP contribution is -2.03. The molecule has 0 unspecified atom stereocenters. The van der Waals surface area contributed by atoms with Gasteiger partial charge in [0.1, 0.15) is 0 Å². The second-order valence-electron chi connectivity index (χ2n) is 2.77. The van der Waals surface area contributed by atoms with Crippen molar-refractivity contribution < 1.29 is 13.0 Å². The maximum atomic E-state index is 10.7. The Morgan fingerprint density at radius 2 is 2.08 bits per heavy atom. The van der Waals surface area contributed by atoms with Crippen LogP contribution in [0.25, 0.3) is 0 Å². The van der Waals surface area contributed by atoms with Crippen molar-refractivity contribution in [2.75, 3.05) is 0 Å². The van der Waals surface area contributed by atoms with Crippen molar-refractivity contribution in [3.05, 3.63) is 29.3 Å². The lowest BCUT2D eigenvalue weighted by Gasteiger charge is -2.04. The molecule has 0 aliphatic rings. The average Bonchev–Trinajstić information content (AvgIpc) is 2.03. The Labute approximate surface area is 77.1 Å². The first-order chi connectivity index (χ1) is 5.95. The van der Waals surface area contributed by atoms with Gasteiger partial charge in [0.05, 0.1) is 4.90 Å². The molecule has 0 saturated heterocycles. The predicted molar refractivity (Wildman–Crippen MR) is 48.9 cm³/mol. The third-order valence-electron chi connectivity index (χ3n) is 1.84. The molecule has 0 fully saturated rings. The summed E-state index contributed by atoms with van der Waals surface area (Å²) in [4.78, 5) is -0.112. The van der Waals surface area contributed by atoms with Gasteiger partial charge in [0, 0.05) is 6.54 Å². The second-order valence-corrected chi connectivity index (χ2v) is 4.19. The molecule has 72 valence electrons. The molecule has 1 aromatic rings. The molecule has 1 aromatic carbocycles. The van der Waals surface area contributed by atoms with E-state index >= 15 is 0 Å². The van der Waals surface area contributed by atoms with Crippen LogP contribution in [0.1, 0.15) is 11.1 Å². The highest BCUT2D eigenvalue weighted by Crippen LogP contribution is 2.14. The topological polar surface area (TPSA) is 80.4 Å². The Balaban J connectivity index is 3.30. The smallest absolute Gasteiger partial charge is 0.294 e. The quantitative estimate of drug-likeness (QED) is 0.690. The van der Waals surface area contributed by atoms with E-state index in [0.29, 0.717) is 0 Å². The average molecular weight is 201 g/mol. The van der Waals surface area contributed by atoms with E-state index in [1.807, 2.05) is 6.92 Å². The van der Waals surface area contributed by atoms with Crippen LogP contribution in [0.3, 0.4) is 0 Å². The SMILES string of the molecule is Cc1ccc(S(=O)(=O)O)cc1CN. The van der Waals surface area contributed by atoms with Crippen molar-refractivity contribution in [2.24, 2.45) is 5.73 Å². The summed E-state index contributed by atoms with van der Waals surface area (Å²) in [6, 6.07) is 4.35. The summed E-state index contributed by atoms with van der Waals surface area (Å²) in [7, 11) is -4.11. The van der Waals surface area contributed by atoms with E-state index in [1.54, 1.807) is 6.07 Å². The van der Waals surface area contributed by atoms with Crippen LogP contribution in [-0.2, 0) is 16.7 Å². The van der Waals surface area contributed by atoms with Crippen molar-refractivity contribution in [3.63, 3.8) is 0 Å². The zero-order valence-corrected chi connectivity index (χ0v) is 8.00. The fourth-order valence-electron chi connectivity index (χ4n) is 1.03. The summed E-state index contributed by atoms with van der Waals surface area (Å²) >= 11 is 0. The van der Waals surface area contributed by atoms with E-state index in [0.717, 1.165) is 11.1 Å². The van der Waals surface area contributed by atoms with Gasteiger partial charge in [-0.1, -0.05) is 6.07 Å². The molecule has 1 rings (SSSR count). The minimum absolute atomic E-state index is 0.112. The molecule has 0 aliphatic heterocycles. The number of benzene rings is 1. The van der Waals surface area contributed by atoms with Gasteiger partial charge in [-0.2, -0.15) is 8.42 Å². The highest BCUT2D eigenvalue weighted by atomic mass is 32.2. The molecule has 0 radical (unpaired) electrons. The van der Waals surface area contributed by atoms with Crippen LogP contribution in [0.2, 0.25) is 0 Å². The number of nitrogens with two attached hydrogens (primary N) is 1. The number of hydrogen-bond donors (Lipinski definition) is 2. The third-order valence-corrected chi connectivity index (χ3v) is 2.69. The van der Waals surface area contributed by atoms with Gasteiger partial charge in [0.25, 0.3) is 10.1 Å². The zero-order chi connectivity index (χ0) is 10.1. The molecule has 0 bridgehead atoms. The molecule has 0 heterocycles. The fraction of sp³-hybridized carbons (Fsp3) is 0.250. The van der Waals surface area contributed by atoms with Gasteiger partial charge < -0.3 is 5.73 Å². The molecule has 0 atom stereocenters. The first-order valence-corrected chi connectivity index (χ1v) is 5.16. The summed E-state index contributed by atoms with van der Waals surface area (Å²) in [5, 5.41) is 0. The van der Waals surface area contributed by atoms with E-state index in [1.165, 1.54) is 12.1 Å². The molecule has 0 amide bonds. The normalized spacial score (nSPS) is 11.6. The lowest BCUT2D eigenvalue weighted by atomic mass is 10.1. The van der Waals surface area contributed by atoms with Crippen molar-refractivity contribution in [2.45, 2.75) is 18.4 Å². The highest BCUT2D eigenvalue weighted by molar-refractivity contribution is 7.85. The minimum Gasteiger partial charge on any atom is -0.326 e. The Morgan fingerprint density at radius 1 is 1.46 bits per heavy atom. The summed E-state index contributed by atoms with van der Waals surface area (Å²) in [6.45, 7) is 2.09. The Bertz CT molecular complexity index is 411. The standard InChI is InChI=1S/C8H11NO3S/c1-6-2-3-8(13(10,11)12)4-7(6)5-9/h2-4H,5,9H2,1H3,(H,10,11,12). The molecule has 5 heteroatoms. The number of aryl methyl sites for hydroxylation is 1. The zero-order valence-electron chi connectivity index (χ0n) is 7.19. The van der Waals surface area contributed by atoms with Crippen LogP contribution < -0.4 is 5.73 Å². The Hall–Kier alpha value is -0.910. The third kappa shape index (κ3) is 2.27. The van der Waals surface area contributed by atoms with Crippen LogP contribution in [0.15, 0.2) is 23.1 Å². The Morgan fingerprint density at radius 3 is 2.54 bits per heavy atom. The molecule has 0 aromatic heterocycles. The van der Waals surface area contributed by atoms with Crippen molar-refractivity contribution in [1.29, 1.82) is 0 Å². The maximum Gasteiger partial charge on any atom is 0.294 e. The van der Waals surface area contributed by atoms with Gasteiger partial charge in [-0.25, -0.2) is 0 Å². The van der Waals surface area contributed by atoms with Crippen LogP contribution in [-0.4, -0.2) is 13.0 Å². The van der Waals surface area contributed by atoms with Crippen molar-refractivity contribution in [3.8, 4) is 0 Å². The maximum absolute atomic E-state index is 10.7. The summed E-state index contributed by atoms with van der Waals surface area (Å²) in [5.41, 5.74) is 7.02. The van der Waals surface area contributed by atoms with Gasteiger partial charge in [-0.05, 0) is 30.2 Å². The van der Waals surface area contributed by atoms with E-state index in [9.17, 15) is 8.42 Å².